The van der Waals surface area contributed by atoms with Crippen molar-refractivity contribution in [2.75, 3.05) is 0 Å². The van der Waals surface area contributed by atoms with E-state index in [1.165, 1.54) is 22.1 Å². The number of H-pyrrole nitrogens is 1. The quantitative estimate of drug-likeness (QED) is 0.508. The van der Waals surface area contributed by atoms with Crippen LogP contribution in [0.25, 0.3) is 10.9 Å². The number of hydrogen-bond donors (Lipinski definition) is 3. The van der Waals surface area contributed by atoms with Gasteiger partial charge in [0.2, 0.25) is 0 Å². The van der Waals surface area contributed by atoms with E-state index in [-0.39, 0.29) is 11.6 Å². The summed E-state index contributed by atoms with van der Waals surface area (Å²) in [6, 6.07) is 10.4. The lowest BCUT2D eigenvalue weighted by molar-refractivity contribution is 0.121. The first-order valence-electron chi connectivity index (χ1n) is 8.83. The molecule has 5 nitrogen and oxygen atoms in total. The lowest BCUT2D eigenvalue weighted by atomic mass is 9.98. The zero-order valence-corrected chi connectivity index (χ0v) is 14.3. The van der Waals surface area contributed by atoms with Crippen LogP contribution < -0.4 is 10.9 Å². The minimum absolute atomic E-state index is 0.0873. The van der Waals surface area contributed by atoms with E-state index in [2.05, 4.69) is 34.6 Å². The summed E-state index contributed by atoms with van der Waals surface area (Å²) < 4.78 is 1.51. The molecule has 2 unspecified atom stereocenters. The Labute approximate surface area is 146 Å². The van der Waals surface area contributed by atoms with Crippen LogP contribution in [-0.4, -0.2) is 14.7 Å². The third-order valence-corrected chi connectivity index (χ3v) is 5.20. The van der Waals surface area contributed by atoms with E-state index in [1.54, 1.807) is 19.4 Å². The fourth-order valence-corrected chi connectivity index (χ4v) is 3.89. The maximum absolute atomic E-state index is 12.2. The highest BCUT2D eigenvalue weighted by Gasteiger charge is 2.23. The predicted octanol–water partition coefficient (Wildman–Crippen LogP) is 2.91. The van der Waals surface area contributed by atoms with Gasteiger partial charge in [-0.3, -0.25) is 10.1 Å². The van der Waals surface area contributed by atoms with E-state index < -0.39 is 6.23 Å². The summed E-state index contributed by atoms with van der Waals surface area (Å²) in [6.07, 6.45) is 7.02. The first-order chi connectivity index (χ1) is 12.1. The van der Waals surface area contributed by atoms with Gasteiger partial charge in [-0.15, -0.1) is 0 Å². The van der Waals surface area contributed by atoms with Crippen molar-refractivity contribution in [2.24, 2.45) is 7.05 Å². The Hall–Kier alpha value is -2.37. The average molecular weight is 337 g/mol. The second kappa shape index (κ2) is 6.50. The smallest absolute Gasteiger partial charge is 0.274 e. The number of nitrogens with one attached hydrogen (secondary N) is 2. The molecule has 2 atom stereocenters. The first kappa shape index (κ1) is 16.1. The van der Waals surface area contributed by atoms with E-state index in [9.17, 15) is 9.90 Å². The van der Waals surface area contributed by atoms with Gasteiger partial charge in [0, 0.05) is 36.4 Å². The van der Waals surface area contributed by atoms with Crippen LogP contribution in [0.2, 0.25) is 0 Å². The number of fused-ring (bicyclic) bond motifs is 2. The molecule has 0 radical (unpaired) electrons. The highest BCUT2D eigenvalue weighted by molar-refractivity contribution is 5.82. The molecule has 0 spiro atoms. The van der Waals surface area contributed by atoms with Crippen LogP contribution >= 0.6 is 0 Å². The van der Waals surface area contributed by atoms with Gasteiger partial charge in [-0.1, -0.05) is 30.7 Å². The van der Waals surface area contributed by atoms with Gasteiger partial charge in [0.1, 0.15) is 11.7 Å². The number of benzene rings is 1. The fourth-order valence-electron chi connectivity index (χ4n) is 3.89. The second-order valence-corrected chi connectivity index (χ2v) is 6.83. The molecule has 2 heterocycles. The molecule has 3 N–H and O–H groups in total. The van der Waals surface area contributed by atoms with E-state index in [0.717, 1.165) is 30.2 Å². The Kier molecular flexibility index (Phi) is 4.19. The largest absolute Gasteiger partial charge is 0.374 e. The van der Waals surface area contributed by atoms with Crippen LogP contribution in [0.3, 0.4) is 0 Å². The van der Waals surface area contributed by atoms with Crippen molar-refractivity contribution in [3.8, 4) is 0 Å². The van der Waals surface area contributed by atoms with Crippen molar-refractivity contribution < 1.29 is 5.11 Å². The summed E-state index contributed by atoms with van der Waals surface area (Å²) in [5.41, 5.74) is 3.80. The molecule has 4 rings (SSSR count). The van der Waals surface area contributed by atoms with Gasteiger partial charge < -0.3 is 14.7 Å². The topological polar surface area (TPSA) is 70.0 Å². The molecule has 2 aromatic heterocycles. The minimum atomic E-state index is -0.832. The zero-order chi connectivity index (χ0) is 17.4. The molecular weight excluding hydrogens is 314 g/mol. The summed E-state index contributed by atoms with van der Waals surface area (Å²) in [6.45, 7) is 0. The lowest BCUT2D eigenvalue weighted by Gasteiger charge is -2.24. The Morgan fingerprint density at radius 3 is 3.00 bits per heavy atom. The number of aryl methyl sites for hydroxylation is 2. The number of hydrogen-bond acceptors (Lipinski definition) is 3. The molecule has 1 aliphatic carbocycles. The van der Waals surface area contributed by atoms with E-state index in [1.807, 2.05) is 6.07 Å². The third kappa shape index (κ3) is 2.90. The molecule has 0 amide bonds. The van der Waals surface area contributed by atoms with Crippen LogP contribution in [-0.2, 0) is 13.5 Å². The van der Waals surface area contributed by atoms with Crippen molar-refractivity contribution in [1.29, 1.82) is 0 Å². The number of aromatic amines is 1. The summed E-state index contributed by atoms with van der Waals surface area (Å²) in [5, 5.41) is 15.0. The number of rotatable bonds is 3. The summed E-state index contributed by atoms with van der Waals surface area (Å²) in [5.74, 6) is 0. The van der Waals surface area contributed by atoms with E-state index in [0.29, 0.717) is 5.52 Å². The summed E-state index contributed by atoms with van der Waals surface area (Å²) in [7, 11) is 1.71. The van der Waals surface area contributed by atoms with Crippen molar-refractivity contribution in [1.82, 2.24) is 14.9 Å². The molecule has 0 fully saturated rings. The van der Waals surface area contributed by atoms with Crippen LogP contribution in [0.15, 0.2) is 47.5 Å². The SMILES string of the molecule is Cn1cc(C(O)NC2CCCCc3ccccc32)c2cc[nH]c2c1=O. The number of aromatic nitrogens is 2. The van der Waals surface area contributed by atoms with Gasteiger partial charge in [0.25, 0.3) is 5.56 Å². The van der Waals surface area contributed by atoms with Crippen molar-refractivity contribution in [3.63, 3.8) is 0 Å². The molecule has 1 aromatic carbocycles. The van der Waals surface area contributed by atoms with Crippen LogP contribution in [0, 0.1) is 0 Å². The molecule has 5 heteroatoms. The van der Waals surface area contributed by atoms with Gasteiger partial charge >= 0.3 is 0 Å². The van der Waals surface area contributed by atoms with Gasteiger partial charge in [-0.2, -0.15) is 0 Å². The van der Waals surface area contributed by atoms with Crippen molar-refractivity contribution in [2.45, 2.75) is 38.0 Å². The zero-order valence-electron chi connectivity index (χ0n) is 14.3. The molecular formula is C20H23N3O2. The molecule has 0 aliphatic heterocycles. The second-order valence-electron chi connectivity index (χ2n) is 6.83. The lowest BCUT2D eigenvalue weighted by Crippen LogP contribution is -2.28. The molecule has 0 saturated heterocycles. The van der Waals surface area contributed by atoms with Crippen LogP contribution in [0.1, 0.15) is 48.2 Å². The number of aliphatic hydroxyl groups excluding tert-OH is 1. The van der Waals surface area contributed by atoms with Crippen molar-refractivity contribution >= 4 is 10.9 Å². The predicted molar refractivity (Wildman–Crippen MR) is 98.4 cm³/mol. The maximum Gasteiger partial charge on any atom is 0.274 e. The Morgan fingerprint density at radius 2 is 2.12 bits per heavy atom. The molecule has 0 saturated carbocycles. The summed E-state index contributed by atoms with van der Waals surface area (Å²) in [4.78, 5) is 15.2. The molecule has 130 valence electrons. The molecule has 25 heavy (non-hydrogen) atoms. The highest BCUT2D eigenvalue weighted by atomic mass is 16.3. The van der Waals surface area contributed by atoms with Gasteiger partial charge in [-0.05, 0) is 36.5 Å². The molecule has 3 aromatic rings. The number of pyridine rings is 1. The Morgan fingerprint density at radius 1 is 1.28 bits per heavy atom. The van der Waals surface area contributed by atoms with Crippen molar-refractivity contribution in [3.05, 3.63) is 69.8 Å². The standard InChI is InChI=1S/C20H23N3O2/c1-23-12-16(15-10-11-21-18(15)20(23)25)19(24)22-17-9-5-3-7-13-6-2-4-8-14(13)17/h2,4,6,8,10-12,17,19,21-22,24H,3,5,7,9H2,1H3. The Bertz CT molecular complexity index is 957. The normalized spacial score (nSPS) is 18.7. The minimum Gasteiger partial charge on any atom is -0.374 e. The van der Waals surface area contributed by atoms with Gasteiger partial charge in [0.05, 0.1) is 0 Å². The fraction of sp³-hybridized carbons (Fsp3) is 0.350. The van der Waals surface area contributed by atoms with E-state index >= 15 is 0 Å². The van der Waals surface area contributed by atoms with Gasteiger partial charge in [0.15, 0.2) is 0 Å². The number of nitrogens with zero attached hydrogens (tertiary/aromatic N) is 1. The Balaban J connectivity index is 1.69. The van der Waals surface area contributed by atoms with E-state index in [4.69, 9.17) is 0 Å². The molecule has 1 aliphatic rings. The van der Waals surface area contributed by atoms with Gasteiger partial charge in [-0.25, -0.2) is 0 Å². The van der Waals surface area contributed by atoms with Crippen LogP contribution in [0.4, 0.5) is 0 Å². The van der Waals surface area contributed by atoms with Crippen LogP contribution in [0.5, 0.6) is 0 Å². The average Bonchev–Trinajstić information content (AvgIpc) is 3.02. The summed E-state index contributed by atoms with van der Waals surface area (Å²) >= 11 is 0. The highest BCUT2D eigenvalue weighted by Crippen LogP contribution is 2.31. The first-order valence-corrected chi connectivity index (χ1v) is 8.83. The molecule has 0 bridgehead atoms. The monoisotopic (exact) mass is 337 g/mol. The maximum atomic E-state index is 12.2. The third-order valence-electron chi connectivity index (χ3n) is 5.20. The number of aliphatic hydroxyl groups is 1.